The summed E-state index contributed by atoms with van der Waals surface area (Å²) >= 11 is -2.15. The van der Waals surface area contributed by atoms with Crippen LogP contribution in [0.15, 0.2) is 64.8 Å². The zero-order chi connectivity index (χ0) is 23.1. The molecule has 170 valence electrons. The molecule has 0 spiro atoms. The second-order valence-corrected chi connectivity index (χ2v) is 8.96. The highest BCUT2D eigenvalue weighted by Crippen LogP contribution is 2.39. The van der Waals surface area contributed by atoms with E-state index in [0.29, 0.717) is 24.5 Å². The van der Waals surface area contributed by atoms with Crippen LogP contribution in [0.2, 0.25) is 0 Å². The van der Waals surface area contributed by atoms with Crippen LogP contribution in [-0.4, -0.2) is 32.1 Å². The molecule has 0 saturated heterocycles. The van der Waals surface area contributed by atoms with Crippen molar-refractivity contribution in [1.29, 1.82) is 0 Å². The number of azo groups is 1. The molecule has 7 nitrogen and oxygen atoms in total. The quantitative estimate of drug-likeness (QED) is 0.179. The van der Waals surface area contributed by atoms with Gasteiger partial charge in [-0.15, -0.1) is 10.2 Å². The number of benzene rings is 3. The number of nitrogens with zero attached hydrogens (tertiary/aromatic N) is 3. The monoisotopic (exact) mass is 456 g/mol. The minimum Gasteiger partial charge on any atom is -0.506 e. The standard InChI is InChI=1S/C24H29N3O4S/c1-3-5-15-27(32(30)31,16-6-4-2)19-12-14-22(28)21(17-19)25-26-24-20-10-8-7-9-18(20)11-13-23(24)29/h7-14,17H,3-6,15-16H2,1-2H3,(H2-,25,26,28,29,30,31)/p+1. The Kier molecular flexibility index (Phi) is 7.95. The highest BCUT2D eigenvalue weighted by atomic mass is 32.2. The Morgan fingerprint density at radius 1 is 0.875 bits per heavy atom. The Bertz CT molecular complexity index is 1130. The van der Waals surface area contributed by atoms with E-state index in [1.54, 1.807) is 24.3 Å². The van der Waals surface area contributed by atoms with E-state index in [1.807, 2.05) is 38.1 Å². The predicted octanol–water partition coefficient (Wildman–Crippen LogP) is 6.71. The summed E-state index contributed by atoms with van der Waals surface area (Å²) < 4.78 is 22.7. The minimum atomic E-state index is -2.15. The van der Waals surface area contributed by atoms with E-state index in [-0.39, 0.29) is 21.1 Å². The molecule has 3 aromatic carbocycles. The molecule has 0 fully saturated rings. The number of phenolic OH excluding ortho intramolecular Hbond substituents is 2. The molecule has 3 N–H and O–H groups in total. The zero-order valence-electron chi connectivity index (χ0n) is 18.4. The van der Waals surface area contributed by atoms with Gasteiger partial charge >= 0.3 is 11.3 Å². The smallest absolute Gasteiger partial charge is 0.363 e. The third-order valence-electron chi connectivity index (χ3n) is 5.61. The number of unbranched alkanes of at least 4 members (excludes halogenated alkanes) is 2. The van der Waals surface area contributed by atoms with Crippen molar-refractivity contribution in [3.63, 3.8) is 0 Å². The van der Waals surface area contributed by atoms with Crippen molar-refractivity contribution in [3.05, 3.63) is 54.6 Å². The maximum absolute atomic E-state index is 12.5. The van der Waals surface area contributed by atoms with Crippen molar-refractivity contribution in [2.24, 2.45) is 10.2 Å². The summed E-state index contributed by atoms with van der Waals surface area (Å²) in [5.74, 6) is -0.111. The van der Waals surface area contributed by atoms with Gasteiger partial charge in [0.2, 0.25) is 0 Å². The van der Waals surface area contributed by atoms with Crippen molar-refractivity contribution >= 4 is 39.1 Å². The van der Waals surface area contributed by atoms with Gasteiger partial charge in [0.05, 0.1) is 13.1 Å². The van der Waals surface area contributed by atoms with Crippen LogP contribution in [0.5, 0.6) is 11.5 Å². The molecular weight excluding hydrogens is 426 g/mol. The Balaban J connectivity index is 2.06. The van der Waals surface area contributed by atoms with Gasteiger partial charge in [0, 0.05) is 17.5 Å². The number of phenols is 2. The molecule has 0 aliphatic carbocycles. The average Bonchev–Trinajstić information content (AvgIpc) is 2.79. The summed E-state index contributed by atoms with van der Waals surface area (Å²) in [7, 11) is 0. The maximum Gasteiger partial charge on any atom is 0.363 e. The molecule has 8 heteroatoms. The zero-order valence-corrected chi connectivity index (χ0v) is 19.3. The molecular formula is C24H30N3O4S+. The van der Waals surface area contributed by atoms with Crippen molar-refractivity contribution in [2.75, 3.05) is 13.1 Å². The Morgan fingerprint density at radius 3 is 2.19 bits per heavy atom. The van der Waals surface area contributed by atoms with Crippen LogP contribution in [0, 0.1) is 0 Å². The summed E-state index contributed by atoms with van der Waals surface area (Å²) in [5.41, 5.74) is 1.08. The molecule has 3 rings (SSSR count). The summed E-state index contributed by atoms with van der Waals surface area (Å²) in [6.45, 7) is 5.10. The van der Waals surface area contributed by atoms with Crippen molar-refractivity contribution in [2.45, 2.75) is 39.5 Å². The molecule has 0 aliphatic heterocycles. The van der Waals surface area contributed by atoms with Crippen LogP contribution < -0.4 is 3.89 Å². The second kappa shape index (κ2) is 10.7. The second-order valence-electron chi connectivity index (χ2n) is 7.80. The normalized spacial score (nSPS) is 13.1. The van der Waals surface area contributed by atoms with E-state index < -0.39 is 11.3 Å². The first kappa shape index (κ1) is 23.8. The van der Waals surface area contributed by atoms with E-state index in [4.69, 9.17) is 0 Å². The van der Waals surface area contributed by atoms with Gasteiger partial charge in [0.1, 0.15) is 22.9 Å². The highest BCUT2D eigenvalue weighted by molar-refractivity contribution is 7.78. The van der Waals surface area contributed by atoms with Gasteiger partial charge in [0.15, 0.2) is 5.69 Å². The first-order chi connectivity index (χ1) is 15.4. The SMILES string of the molecule is CCCC[N+](CCCC)(c1ccc(O)c(N=Nc2c(O)ccc3ccccc23)c1)S(=O)O. The van der Waals surface area contributed by atoms with Gasteiger partial charge < -0.3 is 10.2 Å². The summed E-state index contributed by atoms with van der Waals surface area (Å²) in [4.78, 5) is 0. The molecule has 0 aromatic heterocycles. The number of rotatable bonds is 10. The number of quaternary nitrogens is 1. The Hall–Kier alpha value is -2.81. The van der Waals surface area contributed by atoms with E-state index in [1.165, 1.54) is 6.07 Å². The largest absolute Gasteiger partial charge is 0.506 e. The van der Waals surface area contributed by atoms with E-state index >= 15 is 0 Å². The Labute approximate surface area is 191 Å². The van der Waals surface area contributed by atoms with Gasteiger partial charge in [-0.1, -0.05) is 57.0 Å². The lowest BCUT2D eigenvalue weighted by atomic mass is 10.1. The van der Waals surface area contributed by atoms with E-state index in [2.05, 4.69) is 10.2 Å². The van der Waals surface area contributed by atoms with Crippen LogP contribution in [0.4, 0.5) is 17.1 Å². The Morgan fingerprint density at radius 2 is 1.53 bits per heavy atom. The van der Waals surface area contributed by atoms with Crippen LogP contribution in [-0.2, 0) is 11.3 Å². The van der Waals surface area contributed by atoms with Gasteiger partial charge in [0.25, 0.3) is 0 Å². The van der Waals surface area contributed by atoms with E-state index in [0.717, 1.165) is 36.5 Å². The summed E-state index contributed by atoms with van der Waals surface area (Å²) in [5, 5.41) is 30.8. The van der Waals surface area contributed by atoms with E-state index in [9.17, 15) is 19.0 Å². The van der Waals surface area contributed by atoms with Gasteiger partial charge in [-0.05, 0) is 30.4 Å². The fraction of sp³-hybridized carbons (Fsp3) is 0.333. The van der Waals surface area contributed by atoms with Crippen LogP contribution in [0.3, 0.4) is 0 Å². The number of aromatic hydroxyl groups is 2. The molecule has 1 atom stereocenters. The first-order valence-corrected chi connectivity index (χ1v) is 11.9. The van der Waals surface area contributed by atoms with Crippen molar-refractivity contribution < 1.29 is 19.0 Å². The number of hydrogen-bond acceptors (Lipinski definition) is 5. The molecule has 0 heterocycles. The lowest BCUT2D eigenvalue weighted by Gasteiger charge is -2.33. The predicted molar refractivity (Wildman–Crippen MR) is 130 cm³/mol. The number of fused-ring (bicyclic) bond motifs is 1. The molecule has 32 heavy (non-hydrogen) atoms. The molecule has 0 amide bonds. The van der Waals surface area contributed by atoms with Crippen LogP contribution >= 0.6 is 0 Å². The molecule has 0 aliphatic rings. The summed E-state index contributed by atoms with van der Waals surface area (Å²) in [6, 6.07) is 15.6. The highest BCUT2D eigenvalue weighted by Gasteiger charge is 2.37. The van der Waals surface area contributed by atoms with Gasteiger partial charge in [-0.25, -0.2) is 0 Å². The lowest BCUT2D eigenvalue weighted by Crippen LogP contribution is -2.51. The fourth-order valence-corrected chi connectivity index (χ4v) is 4.61. The number of hydrogen-bond donors (Lipinski definition) is 3. The van der Waals surface area contributed by atoms with Gasteiger partial charge in [-0.2, -0.15) is 8.10 Å². The fourth-order valence-electron chi connectivity index (χ4n) is 3.74. The van der Waals surface area contributed by atoms with Crippen molar-refractivity contribution in [3.8, 4) is 11.5 Å². The molecule has 3 aromatic rings. The third-order valence-corrected chi connectivity index (χ3v) is 6.79. The van der Waals surface area contributed by atoms with Crippen molar-refractivity contribution in [1.82, 2.24) is 3.89 Å². The minimum absolute atomic E-state index is 0.0180. The molecule has 1 unspecified atom stereocenters. The maximum atomic E-state index is 12.5. The lowest BCUT2D eigenvalue weighted by molar-refractivity contribution is 0.376. The van der Waals surface area contributed by atoms with Crippen LogP contribution in [0.1, 0.15) is 39.5 Å². The topological polar surface area (TPSA) is 102 Å². The molecule has 0 radical (unpaired) electrons. The molecule has 0 saturated carbocycles. The van der Waals surface area contributed by atoms with Gasteiger partial charge in [-0.3, -0.25) is 4.55 Å². The average molecular weight is 457 g/mol. The third kappa shape index (κ3) is 4.98. The molecule has 0 bridgehead atoms. The first-order valence-electron chi connectivity index (χ1n) is 10.9. The summed E-state index contributed by atoms with van der Waals surface area (Å²) in [6.07, 6.45) is 3.37. The van der Waals surface area contributed by atoms with Crippen LogP contribution in [0.25, 0.3) is 10.8 Å².